The van der Waals surface area contributed by atoms with Crippen LogP contribution in [-0.2, 0) is 12.8 Å². The maximum absolute atomic E-state index is 2.40. The Labute approximate surface area is 115 Å². The molecule has 0 saturated carbocycles. The third-order valence-electron chi connectivity index (χ3n) is 3.27. The normalized spacial score (nSPS) is 11.1. The van der Waals surface area contributed by atoms with Crippen molar-refractivity contribution in [2.24, 2.45) is 5.92 Å². The lowest BCUT2D eigenvalue weighted by Crippen LogP contribution is -1.93. The molecule has 0 amide bonds. The number of aryl methyl sites for hydroxylation is 2. The van der Waals surface area contributed by atoms with E-state index in [9.17, 15) is 0 Å². The van der Waals surface area contributed by atoms with Crippen LogP contribution in [0.25, 0.3) is 10.4 Å². The first-order valence-corrected chi connectivity index (χ1v) is 7.69. The Kier molecular flexibility index (Phi) is 4.60. The first kappa shape index (κ1) is 13.4. The SMILES string of the molecule is CCc1sc(-c2ccccc2)cc1CCC(C)C. The van der Waals surface area contributed by atoms with E-state index in [0.29, 0.717) is 0 Å². The summed E-state index contributed by atoms with van der Waals surface area (Å²) in [5.74, 6) is 0.787. The molecule has 0 aliphatic carbocycles. The second-order valence-electron chi connectivity index (χ2n) is 5.21. The van der Waals surface area contributed by atoms with Gasteiger partial charge in [-0.15, -0.1) is 11.3 Å². The van der Waals surface area contributed by atoms with Crippen molar-refractivity contribution < 1.29 is 0 Å². The van der Waals surface area contributed by atoms with Crippen molar-refractivity contribution in [1.29, 1.82) is 0 Å². The Morgan fingerprint density at radius 1 is 1.11 bits per heavy atom. The van der Waals surface area contributed by atoms with Crippen molar-refractivity contribution >= 4 is 11.3 Å². The van der Waals surface area contributed by atoms with E-state index >= 15 is 0 Å². The van der Waals surface area contributed by atoms with Gasteiger partial charge in [-0.3, -0.25) is 0 Å². The molecule has 0 N–H and O–H groups in total. The quantitative estimate of drug-likeness (QED) is 0.658. The highest BCUT2D eigenvalue weighted by atomic mass is 32.1. The van der Waals surface area contributed by atoms with Gasteiger partial charge in [-0.05, 0) is 42.4 Å². The standard InChI is InChI=1S/C17H22S/c1-4-16-15(11-10-13(2)3)12-17(18-16)14-8-6-5-7-9-14/h5-9,12-13H,4,10-11H2,1-3H3. The lowest BCUT2D eigenvalue weighted by Gasteiger charge is -2.04. The van der Waals surface area contributed by atoms with Crippen LogP contribution in [0.2, 0.25) is 0 Å². The predicted molar refractivity (Wildman–Crippen MR) is 82.3 cm³/mol. The number of rotatable bonds is 5. The van der Waals surface area contributed by atoms with E-state index in [1.54, 1.807) is 10.4 Å². The number of hydrogen-bond acceptors (Lipinski definition) is 1. The van der Waals surface area contributed by atoms with Crippen LogP contribution in [0.4, 0.5) is 0 Å². The lowest BCUT2D eigenvalue weighted by atomic mass is 10.0. The smallest absolute Gasteiger partial charge is 0.0348 e. The van der Waals surface area contributed by atoms with E-state index < -0.39 is 0 Å². The molecule has 0 fully saturated rings. The van der Waals surface area contributed by atoms with Gasteiger partial charge < -0.3 is 0 Å². The van der Waals surface area contributed by atoms with Crippen molar-refractivity contribution in [3.05, 3.63) is 46.8 Å². The van der Waals surface area contributed by atoms with Crippen molar-refractivity contribution in [1.82, 2.24) is 0 Å². The van der Waals surface area contributed by atoms with Gasteiger partial charge in [0.25, 0.3) is 0 Å². The third-order valence-corrected chi connectivity index (χ3v) is 4.64. The van der Waals surface area contributed by atoms with Crippen LogP contribution < -0.4 is 0 Å². The lowest BCUT2D eigenvalue weighted by molar-refractivity contribution is 0.586. The molecule has 0 radical (unpaired) electrons. The molecule has 2 rings (SSSR count). The van der Waals surface area contributed by atoms with Crippen molar-refractivity contribution in [2.75, 3.05) is 0 Å². The van der Waals surface area contributed by atoms with E-state index in [2.05, 4.69) is 57.2 Å². The molecule has 0 aliphatic heterocycles. The van der Waals surface area contributed by atoms with E-state index in [-0.39, 0.29) is 0 Å². The predicted octanol–water partition coefficient (Wildman–Crippen LogP) is 5.57. The highest BCUT2D eigenvalue weighted by molar-refractivity contribution is 7.15. The number of hydrogen-bond donors (Lipinski definition) is 0. The molecule has 0 nitrogen and oxygen atoms in total. The Balaban J connectivity index is 2.24. The zero-order chi connectivity index (χ0) is 13.0. The van der Waals surface area contributed by atoms with Gasteiger partial charge in [0.15, 0.2) is 0 Å². The summed E-state index contributed by atoms with van der Waals surface area (Å²) in [5.41, 5.74) is 2.92. The minimum absolute atomic E-state index is 0.787. The third kappa shape index (κ3) is 3.23. The summed E-state index contributed by atoms with van der Waals surface area (Å²) in [4.78, 5) is 2.99. The fraction of sp³-hybridized carbons (Fsp3) is 0.412. The van der Waals surface area contributed by atoms with Crippen LogP contribution in [0.1, 0.15) is 37.6 Å². The molecule has 18 heavy (non-hydrogen) atoms. The van der Waals surface area contributed by atoms with Gasteiger partial charge in [-0.2, -0.15) is 0 Å². The summed E-state index contributed by atoms with van der Waals surface area (Å²) in [5, 5.41) is 0. The molecule has 2 aromatic rings. The number of benzene rings is 1. The summed E-state index contributed by atoms with van der Waals surface area (Å²) < 4.78 is 0. The van der Waals surface area contributed by atoms with Crippen LogP contribution in [0.15, 0.2) is 36.4 Å². The highest BCUT2D eigenvalue weighted by Crippen LogP contribution is 2.32. The molecule has 96 valence electrons. The summed E-state index contributed by atoms with van der Waals surface area (Å²) in [6.07, 6.45) is 3.67. The Morgan fingerprint density at radius 3 is 2.44 bits per heavy atom. The van der Waals surface area contributed by atoms with Crippen molar-refractivity contribution in [3.63, 3.8) is 0 Å². The molecule has 0 atom stereocenters. The molecular formula is C17H22S. The molecule has 1 aromatic carbocycles. The van der Waals surface area contributed by atoms with Gasteiger partial charge in [0.2, 0.25) is 0 Å². The van der Waals surface area contributed by atoms with Crippen LogP contribution in [0, 0.1) is 5.92 Å². The van der Waals surface area contributed by atoms with E-state index in [0.717, 1.165) is 12.3 Å². The van der Waals surface area contributed by atoms with Gasteiger partial charge in [0, 0.05) is 9.75 Å². The average molecular weight is 258 g/mol. The molecule has 1 heteroatoms. The van der Waals surface area contributed by atoms with Gasteiger partial charge >= 0.3 is 0 Å². The molecular weight excluding hydrogens is 236 g/mol. The van der Waals surface area contributed by atoms with E-state index in [1.165, 1.54) is 23.3 Å². The Morgan fingerprint density at radius 2 is 1.83 bits per heavy atom. The first-order valence-electron chi connectivity index (χ1n) is 6.87. The number of thiophene rings is 1. The monoisotopic (exact) mass is 258 g/mol. The Bertz CT molecular complexity index is 480. The molecule has 1 heterocycles. The maximum Gasteiger partial charge on any atom is 0.0348 e. The van der Waals surface area contributed by atoms with Crippen LogP contribution >= 0.6 is 11.3 Å². The molecule has 1 aromatic heterocycles. The average Bonchev–Trinajstić information content (AvgIpc) is 2.80. The topological polar surface area (TPSA) is 0 Å². The zero-order valence-corrected chi connectivity index (χ0v) is 12.4. The maximum atomic E-state index is 2.40. The van der Waals surface area contributed by atoms with Gasteiger partial charge in [0.1, 0.15) is 0 Å². The Hall–Kier alpha value is -1.08. The van der Waals surface area contributed by atoms with E-state index in [4.69, 9.17) is 0 Å². The summed E-state index contributed by atoms with van der Waals surface area (Å²) in [6.45, 7) is 6.87. The minimum atomic E-state index is 0.787. The summed E-state index contributed by atoms with van der Waals surface area (Å²) in [6, 6.07) is 13.1. The summed E-state index contributed by atoms with van der Waals surface area (Å²) in [7, 11) is 0. The fourth-order valence-electron chi connectivity index (χ4n) is 2.17. The van der Waals surface area contributed by atoms with Crippen LogP contribution in [0.5, 0.6) is 0 Å². The zero-order valence-electron chi connectivity index (χ0n) is 11.6. The van der Waals surface area contributed by atoms with Crippen molar-refractivity contribution in [2.45, 2.75) is 40.0 Å². The molecule has 0 saturated heterocycles. The second-order valence-corrected chi connectivity index (χ2v) is 6.35. The van der Waals surface area contributed by atoms with Gasteiger partial charge in [-0.25, -0.2) is 0 Å². The largest absolute Gasteiger partial charge is 0.140 e. The molecule has 0 unspecified atom stereocenters. The molecule has 0 bridgehead atoms. The van der Waals surface area contributed by atoms with Gasteiger partial charge in [0.05, 0.1) is 0 Å². The molecule has 0 spiro atoms. The van der Waals surface area contributed by atoms with Crippen LogP contribution in [-0.4, -0.2) is 0 Å². The van der Waals surface area contributed by atoms with Crippen molar-refractivity contribution in [3.8, 4) is 10.4 Å². The van der Waals surface area contributed by atoms with E-state index in [1.807, 2.05) is 11.3 Å². The fourth-order valence-corrected chi connectivity index (χ4v) is 3.32. The van der Waals surface area contributed by atoms with Gasteiger partial charge in [-0.1, -0.05) is 51.1 Å². The first-order chi connectivity index (χ1) is 8.70. The summed E-state index contributed by atoms with van der Waals surface area (Å²) >= 11 is 1.96. The minimum Gasteiger partial charge on any atom is -0.140 e. The highest BCUT2D eigenvalue weighted by Gasteiger charge is 2.09. The molecule has 0 aliphatic rings. The second kappa shape index (κ2) is 6.19. The van der Waals surface area contributed by atoms with Crippen LogP contribution in [0.3, 0.4) is 0 Å².